The standard InChI is InChI=1S/C22H26N2O2/c1-16-5-4-12-24(14-16)15-18-8-10-19(11-9-18)22(26)23-21-7-3-6-20(13-21)17(2)25/h3,6-11,13,16H,4-5,12,14-15H2,1-2H3,(H,23,26). The fourth-order valence-corrected chi connectivity index (χ4v) is 3.47. The number of ketones is 1. The van der Waals surface area contributed by atoms with Crippen molar-refractivity contribution in [3.8, 4) is 0 Å². The van der Waals surface area contributed by atoms with Gasteiger partial charge in [0.2, 0.25) is 0 Å². The first-order valence-electron chi connectivity index (χ1n) is 9.25. The van der Waals surface area contributed by atoms with Crippen LogP contribution in [0.2, 0.25) is 0 Å². The number of hydrogen-bond donors (Lipinski definition) is 1. The number of piperidine rings is 1. The monoisotopic (exact) mass is 350 g/mol. The predicted octanol–water partition coefficient (Wildman–Crippen LogP) is 4.37. The van der Waals surface area contributed by atoms with Crippen LogP contribution < -0.4 is 5.32 Å². The summed E-state index contributed by atoms with van der Waals surface area (Å²) in [5, 5.41) is 2.86. The Balaban J connectivity index is 1.61. The summed E-state index contributed by atoms with van der Waals surface area (Å²) < 4.78 is 0. The number of rotatable bonds is 5. The number of amides is 1. The Hall–Kier alpha value is -2.46. The first-order chi connectivity index (χ1) is 12.5. The number of carbonyl (C=O) groups is 2. The summed E-state index contributed by atoms with van der Waals surface area (Å²) in [5.41, 5.74) is 3.08. The lowest BCUT2D eigenvalue weighted by atomic mass is 9.99. The maximum Gasteiger partial charge on any atom is 0.255 e. The molecule has 0 aromatic heterocycles. The largest absolute Gasteiger partial charge is 0.322 e. The van der Waals surface area contributed by atoms with Gasteiger partial charge in [0.15, 0.2) is 5.78 Å². The molecule has 26 heavy (non-hydrogen) atoms. The predicted molar refractivity (Wildman–Crippen MR) is 105 cm³/mol. The number of Topliss-reactive ketones (excluding diaryl/α,β-unsaturated/α-hetero) is 1. The van der Waals surface area contributed by atoms with Crippen LogP contribution in [-0.4, -0.2) is 29.7 Å². The summed E-state index contributed by atoms with van der Waals surface area (Å²) in [6.45, 7) is 7.06. The summed E-state index contributed by atoms with van der Waals surface area (Å²) in [4.78, 5) is 26.4. The molecule has 0 spiro atoms. The molecule has 1 fully saturated rings. The molecule has 1 unspecified atom stereocenters. The normalized spacial score (nSPS) is 17.7. The first-order valence-corrected chi connectivity index (χ1v) is 9.25. The number of carbonyl (C=O) groups excluding carboxylic acids is 2. The Morgan fingerprint density at radius 3 is 2.58 bits per heavy atom. The summed E-state index contributed by atoms with van der Waals surface area (Å²) in [7, 11) is 0. The first kappa shape index (κ1) is 18.3. The van der Waals surface area contributed by atoms with Crippen LogP contribution in [0, 0.1) is 5.92 Å². The second-order valence-corrected chi connectivity index (χ2v) is 7.27. The molecule has 0 bridgehead atoms. The van der Waals surface area contributed by atoms with E-state index >= 15 is 0 Å². The minimum Gasteiger partial charge on any atom is -0.322 e. The number of benzene rings is 2. The highest BCUT2D eigenvalue weighted by atomic mass is 16.1. The molecule has 2 aromatic rings. The van der Waals surface area contributed by atoms with Gasteiger partial charge < -0.3 is 5.32 Å². The van der Waals surface area contributed by atoms with Crippen molar-refractivity contribution in [2.75, 3.05) is 18.4 Å². The van der Waals surface area contributed by atoms with Crippen LogP contribution >= 0.6 is 0 Å². The summed E-state index contributed by atoms with van der Waals surface area (Å²) in [5.74, 6) is 0.584. The summed E-state index contributed by atoms with van der Waals surface area (Å²) in [6, 6.07) is 14.8. The van der Waals surface area contributed by atoms with Crippen LogP contribution in [0.1, 0.15) is 53.0 Å². The quantitative estimate of drug-likeness (QED) is 0.815. The number of likely N-dealkylation sites (tertiary alicyclic amines) is 1. The van der Waals surface area contributed by atoms with Gasteiger partial charge in [0, 0.05) is 29.9 Å². The smallest absolute Gasteiger partial charge is 0.255 e. The molecule has 1 aliphatic rings. The third kappa shape index (κ3) is 4.79. The van der Waals surface area contributed by atoms with Crippen LogP contribution in [0.25, 0.3) is 0 Å². The van der Waals surface area contributed by atoms with E-state index in [-0.39, 0.29) is 11.7 Å². The lowest BCUT2D eigenvalue weighted by Crippen LogP contribution is -2.33. The minimum absolute atomic E-state index is 0.0162. The Kier molecular flexibility index (Phi) is 5.84. The van der Waals surface area contributed by atoms with E-state index in [2.05, 4.69) is 17.1 Å². The fourth-order valence-electron chi connectivity index (χ4n) is 3.47. The van der Waals surface area contributed by atoms with Gasteiger partial charge in [-0.3, -0.25) is 14.5 Å². The molecule has 1 N–H and O–H groups in total. The highest BCUT2D eigenvalue weighted by Crippen LogP contribution is 2.18. The van der Waals surface area contributed by atoms with Crippen molar-refractivity contribution in [3.63, 3.8) is 0 Å². The van der Waals surface area contributed by atoms with Crippen LogP contribution in [0.5, 0.6) is 0 Å². The van der Waals surface area contributed by atoms with Crippen LogP contribution in [0.4, 0.5) is 5.69 Å². The molecule has 4 nitrogen and oxygen atoms in total. The molecule has 3 rings (SSSR count). The van der Waals surface area contributed by atoms with Crippen molar-refractivity contribution < 1.29 is 9.59 Å². The molecule has 0 radical (unpaired) electrons. The number of hydrogen-bond acceptors (Lipinski definition) is 3. The van der Waals surface area contributed by atoms with E-state index in [4.69, 9.17) is 0 Å². The molecule has 1 heterocycles. The van der Waals surface area contributed by atoms with E-state index < -0.39 is 0 Å². The number of anilines is 1. The highest BCUT2D eigenvalue weighted by Gasteiger charge is 2.16. The van der Waals surface area contributed by atoms with Gasteiger partial charge in [-0.2, -0.15) is 0 Å². The average molecular weight is 350 g/mol. The summed E-state index contributed by atoms with van der Waals surface area (Å²) >= 11 is 0. The van der Waals surface area contributed by atoms with E-state index in [1.807, 2.05) is 24.3 Å². The maximum atomic E-state index is 12.4. The van der Waals surface area contributed by atoms with E-state index in [1.165, 1.54) is 25.3 Å². The van der Waals surface area contributed by atoms with E-state index in [9.17, 15) is 9.59 Å². The Labute approximate surface area is 155 Å². The van der Waals surface area contributed by atoms with Gasteiger partial charge in [-0.15, -0.1) is 0 Å². The molecule has 2 aromatic carbocycles. The molecular weight excluding hydrogens is 324 g/mol. The van der Waals surface area contributed by atoms with E-state index in [1.54, 1.807) is 24.3 Å². The van der Waals surface area contributed by atoms with Crippen molar-refractivity contribution in [3.05, 3.63) is 65.2 Å². The van der Waals surface area contributed by atoms with Crippen molar-refractivity contribution >= 4 is 17.4 Å². The van der Waals surface area contributed by atoms with Gasteiger partial charge in [0.25, 0.3) is 5.91 Å². The second kappa shape index (κ2) is 8.28. The third-order valence-corrected chi connectivity index (χ3v) is 4.89. The molecule has 1 amide bonds. The lowest BCUT2D eigenvalue weighted by molar-refractivity contribution is 0.101. The van der Waals surface area contributed by atoms with Crippen molar-refractivity contribution in [2.45, 2.75) is 33.2 Å². The zero-order chi connectivity index (χ0) is 18.5. The van der Waals surface area contributed by atoms with E-state index in [0.29, 0.717) is 16.8 Å². The second-order valence-electron chi connectivity index (χ2n) is 7.27. The van der Waals surface area contributed by atoms with Gasteiger partial charge in [-0.05, 0) is 62.1 Å². The van der Waals surface area contributed by atoms with Gasteiger partial charge in [0.05, 0.1) is 0 Å². The Bertz CT molecular complexity index is 783. The molecule has 1 saturated heterocycles. The van der Waals surface area contributed by atoms with Gasteiger partial charge in [0.1, 0.15) is 0 Å². The van der Waals surface area contributed by atoms with Crippen molar-refractivity contribution in [2.24, 2.45) is 5.92 Å². The third-order valence-electron chi connectivity index (χ3n) is 4.89. The van der Waals surface area contributed by atoms with Crippen LogP contribution in [-0.2, 0) is 6.54 Å². The zero-order valence-electron chi connectivity index (χ0n) is 15.5. The maximum absolute atomic E-state index is 12.4. The Morgan fingerprint density at radius 1 is 1.12 bits per heavy atom. The molecule has 1 atom stereocenters. The molecule has 0 saturated carbocycles. The van der Waals surface area contributed by atoms with Crippen LogP contribution in [0.3, 0.4) is 0 Å². The summed E-state index contributed by atoms with van der Waals surface area (Å²) in [6.07, 6.45) is 2.58. The van der Waals surface area contributed by atoms with Gasteiger partial charge in [-0.1, -0.05) is 31.2 Å². The number of nitrogens with one attached hydrogen (secondary N) is 1. The Morgan fingerprint density at radius 2 is 1.88 bits per heavy atom. The fraction of sp³-hybridized carbons (Fsp3) is 0.364. The zero-order valence-corrected chi connectivity index (χ0v) is 15.5. The average Bonchev–Trinajstić information content (AvgIpc) is 2.62. The molecule has 136 valence electrons. The van der Waals surface area contributed by atoms with Crippen molar-refractivity contribution in [1.82, 2.24) is 4.90 Å². The molecule has 0 aliphatic carbocycles. The minimum atomic E-state index is -0.163. The molecular formula is C22H26N2O2. The van der Waals surface area contributed by atoms with Gasteiger partial charge in [-0.25, -0.2) is 0 Å². The highest BCUT2D eigenvalue weighted by molar-refractivity contribution is 6.05. The van der Waals surface area contributed by atoms with Crippen molar-refractivity contribution in [1.29, 1.82) is 0 Å². The van der Waals surface area contributed by atoms with Crippen LogP contribution in [0.15, 0.2) is 48.5 Å². The van der Waals surface area contributed by atoms with E-state index in [0.717, 1.165) is 25.6 Å². The SMILES string of the molecule is CC(=O)c1cccc(NC(=O)c2ccc(CN3CCCC(C)C3)cc2)c1. The number of nitrogens with zero attached hydrogens (tertiary/aromatic N) is 1. The molecule has 1 aliphatic heterocycles. The molecule has 4 heteroatoms. The topological polar surface area (TPSA) is 49.4 Å². The lowest BCUT2D eigenvalue weighted by Gasteiger charge is -2.30. The van der Waals surface area contributed by atoms with Gasteiger partial charge >= 0.3 is 0 Å².